The van der Waals surface area contributed by atoms with Crippen LogP contribution in [0, 0.1) is 0 Å². The van der Waals surface area contributed by atoms with E-state index in [-0.39, 0.29) is 19.4 Å². The summed E-state index contributed by atoms with van der Waals surface area (Å²) in [5.74, 6) is -0.968. The largest absolute Gasteiger partial charge is 0.469 e. The predicted molar refractivity (Wildman–Crippen MR) is 215 cm³/mol. The fourth-order valence-electron chi connectivity index (χ4n) is 5.72. The number of phosphoric acid groups is 1. The third-order valence-electron chi connectivity index (χ3n) is 8.93. The van der Waals surface area contributed by atoms with Crippen LogP contribution in [0.15, 0.2) is 60.8 Å². The van der Waals surface area contributed by atoms with E-state index in [2.05, 4.69) is 73.1 Å². The van der Waals surface area contributed by atoms with Gasteiger partial charge >= 0.3 is 19.8 Å². The highest BCUT2D eigenvalue weighted by Crippen LogP contribution is 2.36. The quantitative estimate of drug-likeness (QED) is 0.0210. The monoisotopic (exact) mass is 764 g/mol. The first-order chi connectivity index (χ1) is 25.7. The maximum absolute atomic E-state index is 12.4. The van der Waals surface area contributed by atoms with Crippen molar-refractivity contribution in [2.45, 2.75) is 186 Å². The van der Waals surface area contributed by atoms with Crippen molar-refractivity contribution in [3.05, 3.63) is 60.8 Å². The number of allylic oxidation sites excluding steroid dienone is 9. The molecule has 0 amide bonds. The number of ether oxygens (including phenoxy) is 3. The first-order valence-electron chi connectivity index (χ1n) is 20.7. The van der Waals surface area contributed by atoms with Gasteiger partial charge in [0.05, 0.1) is 18.8 Å². The summed E-state index contributed by atoms with van der Waals surface area (Å²) in [5, 5.41) is 0. The number of rotatable bonds is 36. The van der Waals surface area contributed by atoms with Gasteiger partial charge in [-0.15, -0.1) is 0 Å². The average molecular weight is 765 g/mol. The highest BCUT2D eigenvalue weighted by Gasteiger charge is 2.36. The molecule has 0 aliphatic carbocycles. The van der Waals surface area contributed by atoms with Gasteiger partial charge in [0.2, 0.25) is 0 Å². The molecule has 0 aromatic carbocycles. The number of carbonyl (C=O) groups is 2. The Morgan fingerprint density at radius 3 is 1.74 bits per heavy atom. The molecule has 1 heterocycles. The summed E-state index contributed by atoms with van der Waals surface area (Å²) in [6.07, 6.45) is 45.5. The molecule has 9 nitrogen and oxygen atoms in total. The molecule has 3 atom stereocenters. The van der Waals surface area contributed by atoms with Crippen LogP contribution >= 0.6 is 7.82 Å². The summed E-state index contributed by atoms with van der Waals surface area (Å²) in [6, 6.07) is 0. The lowest BCUT2D eigenvalue weighted by atomic mass is 10.1. The molecule has 10 heteroatoms. The Hall–Kier alpha value is -2.29. The maximum atomic E-state index is 12.4. The summed E-state index contributed by atoms with van der Waals surface area (Å²) in [5.41, 5.74) is 0. The molecule has 1 aliphatic rings. The highest BCUT2D eigenvalue weighted by molar-refractivity contribution is 7.46. The molecule has 0 saturated carbocycles. The van der Waals surface area contributed by atoms with Crippen molar-refractivity contribution >= 4 is 19.8 Å². The van der Waals surface area contributed by atoms with Crippen LogP contribution in [0.1, 0.15) is 168 Å². The van der Waals surface area contributed by atoms with E-state index in [4.69, 9.17) is 24.0 Å². The van der Waals surface area contributed by atoms with Crippen molar-refractivity contribution in [2.24, 2.45) is 0 Å². The minimum absolute atomic E-state index is 0.183. The van der Waals surface area contributed by atoms with E-state index in [1.807, 2.05) is 6.08 Å². The summed E-state index contributed by atoms with van der Waals surface area (Å²) in [7, 11) is -4.77. The first kappa shape index (κ1) is 48.7. The Bertz CT molecular complexity index is 1110. The lowest BCUT2D eigenvalue weighted by Gasteiger charge is -2.18. The molecule has 0 aromatic rings. The minimum Gasteiger partial charge on any atom is -0.462 e. The second-order valence-electron chi connectivity index (χ2n) is 14.0. The molecule has 0 bridgehead atoms. The molecule has 0 radical (unpaired) electrons. The van der Waals surface area contributed by atoms with Crippen molar-refractivity contribution < 1.29 is 42.7 Å². The molecule has 0 aromatic heterocycles. The summed E-state index contributed by atoms with van der Waals surface area (Å²) >= 11 is 0. The number of hydrogen-bond acceptors (Lipinski definition) is 7. The highest BCUT2D eigenvalue weighted by atomic mass is 31.2. The smallest absolute Gasteiger partial charge is 0.462 e. The summed E-state index contributed by atoms with van der Waals surface area (Å²) in [6.45, 7) is 3.56. The van der Waals surface area contributed by atoms with Gasteiger partial charge in [0.1, 0.15) is 6.61 Å². The fourth-order valence-corrected chi connectivity index (χ4v) is 6.08. The maximum Gasteiger partial charge on any atom is 0.469 e. The lowest BCUT2D eigenvalue weighted by Crippen LogP contribution is -2.29. The van der Waals surface area contributed by atoms with Gasteiger partial charge in [0.25, 0.3) is 0 Å². The van der Waals surface area contributed by atoms with E-state index in [9.17, 15) is 14.2 Å². The molecule has 0 spiro atoms. The zero-order valence-corrected chi connectivity index (χ0v) is 34.0. The molecule has 2 unspecified atom stereocenters. The van der Waals surface area contributed by atoms with E-state index >= 15 is 0 Å². The Labute approximate surface area is 322 Å². The molecule has 1 aliphatic heterocycles. The van der Waals surface area contributed by atoms with Crippen LogP contribution < -0.4 is 0 Å². The molecular weight excluding hydrogens is 691 g/mol. The van der Waals surface area contributed by atoms with Gasteiger partial charge in [-0.05, 0) is 77.0 Å². The van der Waals surface area contributed by atoms with Crippen molar-refractivity contribution in [1.29, 1.82) is 0 Å². The van der Waals surface area contributed by atoms with Crippen LogP contribution in [0.2, 0.25) is 0 Å². The number of hydrogen-bond donors (Lipinski definition) is 2. The molecule has 304 valence electrons. The van der Waals surface area contributed by atoms with Crippen LogP contribution in [-0.2, 0) is 32.9 Å². The van der Waals surface area contributed by atoms with E-state index in [1.165, 1.54) is 70.6 Å². The van der Waals surface area contributed by atoms with Gasteiger partial charge in [-0.25, -0.2) is 4.57 Å². The van der Waals surface area contributed by atoms with Crippen molar-refractivity contribution in [3.8, 4) is 0 Å². The Balaban J connectivity index is 2.11. The van der Waals surface area contributed by atoms with Crippen LogP contribution in [0.3, 0.4) is 0 Å². The SMILES string of the molecule is CCCCC/C=C\C/C=C\CCCCCCCCCC(=O)O[C@H](COC(=O)CCC/C=C\C/C=C\C/C=C\CC1OC1CCCCC)COP(=O)(O)O. The van der Waals surface area contributed by atoms with Gasteiger partial charge < -0.3 is 24.0 Å². The number of phosphoric ester groups is 1. The van der Waals surface area contributed by atoms with E-state index in [0.29, 0.717) is 25.0 Å². The van der Waals surface area contributed by atoms with Crippen molar-refractivity contribution in [3.63, 3.8) is 0 Å². The van der Waals surface area contributed by atoms with Crippen LogP contribution in [0.4, 0.5) is 0 Å². The Morgan fingerprint density at radius 1 is 0.604 bits per heavy atom. The fraction of sp³-hybridized carbons (Fsp3) is 0.721. The van der Waals surface area contributed by atoms with Gasteiger partial charge in [-0.3, -0.25) is 14.1 Å². The summed E-state index contributed by atoms with van der Waals surface area (Å²) < 4.78 is 32.0. The third kappa shape index (κ3) is 34.0. The first-order valence-corrected chi connectivity index (χ1v) is 22.2. The molecule has 53 heavy (non-hydrogen) atoms. The molecular formula is C43H73O9P. The minimum atomic E-state index is -4.77. The van der Waals surface area contributed by atoms with Crippen LogP contribution in [-0.4, -0.2) is 53.3 Å². The van der Waals surface area contributed by atoms with Gasteiger partial charge in [-0.1, -0.05) is 139 Å². The van der Waals surface area contributed by atoms with E-state index < -0.39 is 32.5 Å². The normalized spacial score (nSPS) is 16.9. The molecule has 1 rings (SSSR count). The van der Waals surface area contributed by atoms with Gasteiger partial charge in [-0.2, -0.15) is 0 Å². The van der Waals surface area contributed by atoms with Crippen molar-refractivity contribution in [1.82, 2.24) is 0 Å². The standard InChI is InChI=1S/C43H73O9P/c1-3-5-7-8-9-10-11-12-13-14-15-16-17-22-25-28-32-36-43(45)51-39(38-50-53(46,47)48)37-49-42(44)35-31-27-24-21-19-18-20-23-26-30-34-41-40(52-41)33-29-6-4-2/h9-10,12-13,18,20-21,24,26,30,39-41H,3-8,11,14-17,19,22-23,25,27-29,31-38H2,1-2H3,(H2,46,47,48)/b10-9-,13-12-,20-18-,24-21-,30-26-/t39-,40?,41?/m1/s1. The van der Waals surface area contributed by atoms with E-state index in [0.717, 1.165) is 57.8 Å². The molecule has 1 fully saturated rings. The second kappa shape index (κ2) is 34.2. The van der Waals surface area contributed by atoms with Gasteiger partial charge in [0.15, 0.2) is 6.10 Å². The average Bonchev–Trinajstić information content (AvgIpc) is 3.88. The zero-order valence-electron chi connectivity index (χ0n) is 33.1. The second-order valence-corrected chi connectivity index (χ2v) is 15.2. The summed E-state index contributed by atoms with van der Waals surface area (Å²) in [4.78, 5) is 42.8. The number of unbranched alkanes of at least 4 members (excludes halogenated alkanes) is 13. The zero-order chi connectivity index (χ0) is 38.7. The third-order valence-corrected chi connectivity index (χ3v) is 9.42. The predicted octanol–water partition coefficient (Wildman–Crippen LogP) is 11.5. The lowest BCUT2D eigenvalue weighted by molar-refractivity contribution is -0.161. The van der Waals surface area contributed by atoms with E-state index in [1.54, 1.807) is 0 Å². The van der Waals surface area contributed by atoms with Gasteiger partial charge in [0, 0.05) is 12.8 Å². The number of esters is 2. The molecule has 2 N–H and O–H groups in total. The van der Waals surface area contributed by atoms with Crippen LogP contribution in [0.5, 0.6) is 0 Å². The topological polar surface area (TPSA) is 132 Å². The number of epoxide rings is 1. The molecule has 1 saturated heterocycles. The van der Waals surface area contributed by atoms with Crippen molar-refractivity contribution in [2.75, 3.05) is 13.2 Å². The Morgan fingerprint density at radius 2 is 1.11 bits per heavy atom. The number of carbonyl (C=O) groups excluding carboxylic acids is 2. The van der Waals surface area contributed by atoms with Crippen LogP contribution in [0.25, 0.3) is 0 Å². The Kier molecular flexibility index (Phi) is 31.5.